The Labute approximate surface area is 95.2 Å². The number of carbonyl (C=O) groups excluding carboxylic acids is 1. The normalized spacial score (nSPS) is 24.6. The molecule has 1 aliphatic heterocycles. The molecule has 1 saturated heterocycles. The third-order valence-electron chi connectivity index (χ3n) is 2.21. The number of β-amino-alcohol motifs (C(OH)–C–C–N with tert-alkyl or cyclic N) is 1. The van der Waals surface area contributed by atoms with Gasteiger partial charge in [-0.1, -0.05) is 24.8 Å². The lowest BCUT2D eigenvalue weighted by Gasteiger charge is -2.04. The molecule has 1 aliphatic rings. The number of alkyl carbamates (subject to hydrolysis) is 1. The first-order valence-electron chi connectivity index (χ1n) is 5.32. The van der Waals surface area contributed by atoms with Gasteiger partial charge in [0, 0.05) is 19.1 Å². The van der Waals surface area contributed by atoms with Gasteiger partial charge in [0.25, 0.3) is 0 Å². The zero-order valence-corrected chi connectivity index (χ0v) is 9.19. The average Bonchev–Trinajstić information content (AvgIpc) is 2.67. The van der Waals surface area contributed by atoms with Crippen LogP contribution in [0, 0.1) is 0 Å². The SMILES string of the molecule is C=CCOC(=O)NC/C=C/[C@@H]1C[C@@H](O)CN1. The fourth-order valence-electron chi connectivity index (χ4n) is 1.45. The van der Waals surface area contributed by atoms with E-state index >= 15 is 0 Å². The molecular formula is C11H18N2O3. The van der Waals surface area contributed by atoms with Crippen LogP contribution in [0.1, 0.15) is 6.42 Å². The predicted molar refractivity (Wildman–Crippen MR) is 61.1 cm³/mol. The van der Waals surface area contributed by atoms with Crippen LogP contribution >= 0.6 is 0 Å². The maximum absolute atomic E-state index is 11.0. The highest BCUT2D eigenvalue weighted by atomic mass is 16.5. The third kappa shape index (κ3) is 4.95. The molecule has 0 aromatic carbocycles. The highest BCUT2D eigenvalue weighted by Gasteiger charge is 2.18. The number of hydrogen-bond acceptors (Lipinski definition) is 4. The number of hydrogen-bond donors (Lipinski definition) is 3. The van der Waals surface area contributed by atoms with Crippen LogP contribution in [0.15, 0.2) is 24.8 Å². The summed E-state index contributed by atoms with van der Waals surface area (Å²) in [7, 11) is 0. The minimum atomic E-state index is -0.455. The summed E-state index contributed by atoms with van der Waals surface area (Å²) in [4.78, 5) is 11.0. The van der Waals surface area contributed by atoms with E-state index < -0.39 is 6.09 Å². The molecule has 0 radical (unpaired) electrons. The molecule has 1 amide bonds. The van der Waals surface area contributed by atoms with E-state index in [1.807, 2.05) is 12.2 Å². The van der Waals surface area contributed by atoms with Gasteiger partial charge in [-0.2, -0.15) is 0 Å². The maximum atomic E-state index is 11.0. The standard InChI is InChI=1S/C11H18N2O3/c1-2-6-16-11(15)12-5-3-4-9-7-10(14)8-13-9/h2-4,9-10,13-14H,1,5-8H2,(H,12,15)/b4-3+/t9-,10-/m1/s1. The zero-order valence-electron chi connectivity index (χ0n) is 9.19. The summed E-state index contributed by atoms with van der Waals surface area (Å²) >= 11 is 0. The first kappa shape index (κ1) is 12.7. The van der Waals surface area contributed by atoms with Gasteiger partial charge < -0.3 is 20.5 Å². The molecule has 0 spiro atoms. The van der Waals surface area contributed by atoms with Crippen molar-refractivity contribution < 1.29 is 14.6 Å². The maximum Gasteiger partial charge on any atom is 0.407 e. The van der Waals surface area contributed by atoms with Gasteiger partial charge in [0.15, 0.2) is 0 Å². The van der Waals surface area contributed by atoms with Gasteiger partial charge in [-0.05, 0) is 6.42 Å². The molecular weight excluding hydrogens is 208 g/mol. The topological polar surface area (TPSA) is 70.6 Å². The summed E-state index contributed by atoms with van der Waals surface area (Å²) in [6.07, 6.45) is 5.29. The highest BCUT2D eigenvalue weighted by molar-refractivity contribution is 5.67. The smallest absolute Gasteiger partial charge is 0.407 e. The molecule has 0 aromatic heterocycles. The lowest BCUT2D eigenvalue weighted by Crippen LogP contribution is -2.25. The van der Waals surface area contributed by atoms with E-state index in [0.29, 0.717) is 13.1 Å². The summed E-state index contributed by atoms with van der Waals surface area (Å²) in [5.41, 5.74) is 0. The molecule has 1 heterocycles. The second-order valence-electron chi connectivity index (χ2n) is 3.60. The Bertz CT molecular complexity index is 266. The molecule has 0 bridgehead atoms. The molecule has 90 valence electrons. The van der Waals surface area contributed by atoms with Crippen LogP contribution in [0.3, 0.4) is 0 Å². The van der Waals surface area contributed by atoms with Crippen molar-refractivity contribution in [2.45, 2.75) is 18.6 Å². The Morgan fingerprint density at radius 3 is 3.12 bits per heavy atom. The second kappa shape index (κ2) is 7.03. The summed E-state index contributed by atoms with van der Waals surface area (Å²) in [6.45, 7) is 4.70. The van der Waals surface area contributed by atoms with Gasteiger partial charge in [0.05, 0.1) is 6.10 Å². The average molecular weight is 226 g/mol. The molecule has 0 unspecified atom stereocenters. The van der Waals surface area contributed by atoms with Crippen LogP contribution in [-0.4, -0.2) is 43.0 Å². The van der Waals surface area contributed by atoms with Gasteiger partial charge in [-0.15, -0.1) is 0 Å². The molecule has 0 aliphatic carbocycles. The monoisotopic (exact) mass is 226 g/mol. The van der Waals surface area contributed by atoms with E-state index in [0.717, 1.165) is 6.42 Å². The van der Waals surface area contributed by atoms with Gasteiger partial charge in [0.2, 0.25) is 0 Å². The summed E-state index contributed by atoms with van der Waals surface area (Å²) in [6, 6.07) is 0.195. The molecule has 16 heavy (non-hydrogen) atoms. The lowest BCUT2D eigenvalue weighted by molar-refractivity contribution is 0.159. The molecule has 1 rings (SSSR count). The zero-order chi connectivity index (χ0) is 11.8. The second-order valence-corrected chi connectivity index (χ2v) is 3.60. The van der Waals surface area contributed by atoms with E-state index in [1.54, 1.807) is 0 Å². The lowest BCUT2D eigenvalue weighted by atomic mass is 10.2. The van der Waals surface area contributed by atoms with Crippen molar-refractivity contribution in [1.82, 2.24) is 10.6 Å². The van der Waals surface area contributed by atoms with Crippen LogP contribution in [0.4, 0.5) is 4.79 Å². The van der Waals surface area contributed by atoms with Gasteiger partial charge in [-0.3, -0.25) is 0 Å². The summed E-state index contributed by atoms with van der Waals surface area (Å²) in [5.74, 6) is 0. The quantitative estimate of drug-likeness (QED) is 0.585. The van der Waals surface area contributed by atoms with Crippen molar-refractivity contribution in [3.63, 3.8) is 0 Å². The molecule has 5 heteroatoms. The van der Waals surface area contributed by atoms with E-state index in [9.17, 15) is 9.90 Å². The Kier molecular flexibility index (Phi) is 5.60. The summed E-state index contributed by atoms with van der Waals surface area (Å²) < 4.78 is 4.72. The molecule has 2 atom stereocenters. The number of amides is 1. The number of nitrogens with one attached hydrogen (secondary N) is 2. The van der Waals surface area contributed by atoms with Crippen molar-refractivity contribution >= 4 is 6.09 Å². The van der Waals surface area contributed by atoms with E-state index in [-0.39, 0.29) is 18.8 Å². The fourth-order valence-corrected chi connectivity index (χ4v) is 1.45. The Balaban J connectivity index is 2.08. The van der Waals surface area contributed by atoms with Crippen LogP contribution in [0.2, 0.25) is 0 Å². The Morgan fingerprint density at radius 1 is 1.69 bits per heavy atom. The molecule has 0 aromatic rings. The van der Waals surface area contributed by atoms with Crippen LogP contribution in [0.25, 0.3) is 0 Å². The predicted octanol–water partition coefficient (Wildman–Crippen LogP) is 0.178. The van der Waals surface area contributed by atoms with Gasteiger partial charge in [-0.25, -0.2) is 4.79 Å². The van der Waals surface area contributed by atoms with E-state index in [4.69, 9.17) is 4.74 Å². The third-order valence-corrected chi connectivity index (χ3v) is 2.21. The van der Waals surface area contributed by atoms with E-state index in [2.05, 4.69) is 17.2 Å². The largest absolute Gasteiger partial charge is 0.445 e. The van der Waals surface area contributed by atoms with Gasteiger partial charge in [0.1, 0.15) is 6.61 Å². The molecule has 1 fully saturated rings. The Hall–Kier alpha value is -1.33. The number of ether oxygens (including phenoxy) is 1. The number of carbonyl (C=O) groups is 1. The summed E-state index contributed by atoms with van der Waals surface area (Å²) in [5, 5.41) is 14.9. The molecule has 0 saturated carbocycles. The Morgan fingerprint density at radius 2 is 2.50 bits per heavy atom. The number of aliphatic hydroxyl groups is 1. The van der Waals surface area contributed by atoms with E-state index in [1.165, 1.54) is 6.08 Å². The number of rotatable bonds is 5. The fraction of sp³-hybridized carbons (Fsp3) is 0.545. The van der Waals surface area contributed by atoms with Crippen LogP contribution in [0.5, 0.6) is 0 Å². The van der Waals surface area contributed by atoms with Crippen LogP contribution in [-0.2, 0) is 4.74 Å². The minimum absolute atomic E-state index is 0.195. The minimum Gasteiger partial charge on any atom is -0.445 e. The van der Waals surface area contributed by atoms with Crippen molar-refractivity contribution in [3.8, 4) is 0 Å². The van der Waals surface area contributed by atoms with Crippen LogP contribution < -0.4 is 10.6 Å². The van der Waals surface area contributed by atoms with Crippen molar-refractivity contribution in [2.75, 3.05) is 19.7 Å². The molecule has 3 N–H and O–H groups in total. The highest BCUT2D eigenvalue weighted by Crippen LogP contribution is 2.06. The first-order valence-corrected chi connectivity index (χ1v) is 5.32. The van der Waals surface area contributed by atoms with Crippen molar-refractivity contribution in [3.05, 3.63) is 24.8 Å². The van der Waals surface area contributed by atoms with Crippen molar-refractivity contribution in [1.29, 1.82) is 0 Å². The molecule has 5 nitrogen and oxygen atoms in total. The van der Waals surface area contributed by atoms with Gasteiger partial charge >= 0.3 is 6.09 Å². The number of aliphatic hydroxyl groups excluding tert-OH is 1. The first-order chi connectivity index (χ1) is 7.72. The van der Waals surface area contributed by atoms with Crippen molar-refractivity contribution in [2.24, 2.45) is 0 Å².